The van der Waals surface area contributed by atoms with E-state index < -0.39 is 6.43 Å². The van der Waals surface area contributed by atoms with Crippen molar-refractivity contribution in [2.45, 2.75) is 32.4 Å². The second-order valence-corrected chi connectivity index (χ2v) is 5.48. The first-order valence-corrected chi connectivity index (χ1v) is 7.16. The average Bonchev–Trinajstić information content (AvgIpc) is 3.10. The minimum Gasteiger partial charge on any atom is -0.329 e. The van der Waals surface area contributed by atoms with Gasteiger partial charge in [-0.2, -0.15) is 0 Å². The third-order valence-electron chi connectivity index (χ3n) is 3.57. The van der Waals surface area contributed by atoms with E-state index in [0.717, 1.165) is 11.5 Å². The van der Waals surface area contributed by atoms with E-state index in [-0.39, 0.29) is 16.6 Å². The highest BCUT2D eigenvalue weighted by molar-refractivity contribution is 6.32. The van der Waals surface area contributed by atoms with Crippen LogP contribution < -0.4 is 0 Å². The van der Waals surface area contributed by atoms with Crippen molar-refractivity contribution in [3.05, 3.63) is 52.9 Å². The van der Waals surface area contributed by atoms with Crippen LogP contribution in [0.15, 0.2) is 41.3 Å². The molecule has 0 aliphatic heterocycles. The van der Waals surface area contributed by atoms with Crippen LogP contribution in [-0.4, -0.2) is 31.0 Å². The van der Waals surface area contributed by atoms with E-state index in [4.69, 9.17) is 11.6 Å². The molecule has 0 bridgehead atoms. The molecule has 1 unspecified atom stereocenters. The van der Waals surface area contributed by atoms with Crippen molar-refractivity contribution in [2.75, 3.05) is 0 Å². The summed E-state index contributed by atoms with van der Waals surface area (Å²) in [7, 11) is 0. The Morgan fingerprint density at radius 3 is 2.95 bits per heavy atom. The number of allylic oxidation sites excluding steroid dienone is 4. The first-order valence-electron chi connectivity index (χ1n) is 6.79. The summed E-state index contributed by atoms with van der Waals surface area (Å²) in [5.74, 6) is 0.877. The van der Waals surface area contributed by atoms with Crippen LogP contribution in [0.25, 0.3) is 0 Å². The number of alkyl halides is 2. The van der Waals surface area contributed by atoms with Crippen molar-refractivity contribution in [1.29, 1.82) is 0 Å². The van der Waals surface area contributed by atoms with Crippen molar-refractivity contribution in [3.63, 3.8) is 0 Å². The van der Waals surface area contributed by atoms with E-state index in [1.807, 2.05) is 17.7 Å². The molecule has 0 N–H and O–H groups in total. The molecule has 22 heavy (non-hydrogen) atoms. The summed E-state index contributed by atoms with van der Waals surface area (Å²) in [5.41, 5.74) is 0.592. The second kappa shape index (κ2) is 6.00. The van der Waals surface area contributed by atoms with Crippen LogP contribution >= 0.6 is 11.6 Å². The molecule has 0 radical (unpaired) electrons. The van der Waals surface area contributed by atoms with Crippen LogP contribution in [0, 0.1) is 6.92 Å². The first-order chi connectivity index (χ1) is 10.5. The van der Waals surface area contributed by atoms with E-state index in [2.05, 4.69) is 15.3 Å². The van der Waals surface area contributed by atoms with Crippen molar-refractivity contribution in [1.82, 2.24) is 24.5 Å². The van der Waals surface area contributed by atoms with Gasteiger partial charge in [0.25, 0.3) is 6.43 Å². The Hall–Kier alpha value is -2.02. The van der Waals surface area contributed by atoms with Gasteiger partial charge in [0.2, 0.25) is 0 Å². The molecule has 0 saturated carbocycles. The highest BCUT2D eigenvalue weighted by atomic mass is 35.5. The monoisotopic (exact) mass is 325 g/mol. The largest absolute Gasteiger partial charge is 0.329 e. The molecule has 0 spiro atoms. The van der Waals surface area contributed by atoms with Crippen LogP contribution in [0.4, 0.5) is 8.78 Å². The summed E-state index contributed by atoms with van der Waals surface area (Å²) >= 11 is 5.81. The molecule has 1 atom stereocenters. The number of imidazole rings is 1. The summed E-state index contributed by atoms with van der Waals surface area (Å²) in [6.07, 6.45) is 6.29. The Morgan fingerprint density at radius 1 is 1.45 bits per heavy atom. The molecule has 2 heterocycles. The van der Waals surface area contributed by atoms with Gasteiger partial charge < -0.3 is 4.57 Å². The highest BCUT2D eigenvalue weighted by Gasteiger charge is 2.22. The maximum absolute atomic E-state index is 12.9. The van der Waals surface area contributed by atoms with Gasteiger partial charge in [0.1, 0.15) is 11.5 Å². The van der Waals surface area contributed by atoms with Gasteiger partial charge in [-0.1, -0.05) is 22.9 Å². The summed E-state index contributed by atoms with van der Waals surface area (Å²) in [5, 5.41) is 8.24. The zero-order chi connectivity index (χ0) is 15.7. The van der Waals surface area contributed by atoms with Gasteiger partial charge in [-0.05, 0) is 19.4 Å². The molecule has 0 fully saturated rings. The van der Waals surface area contributed by atoms with Crippen molar-refractivity contribution in [2.24, 2.45) is 0 Å². The fourth-order valence-corrected chi connectivity index (χ4v) is 2.59. The van der Waals surface area contributed by atoms with Gasteiger partial charge in [0, 0.05) is 23.0 Å². The molecular formula is C14H14ClF2N5. The SMILES string of the molecule is Cc1nccn1Cc1cn(C2C=C(C(F)F)C(Cl)=CC2)nn1. The Balaban J connectivity index is 1.78. The van der Waals surface area contributed by atoms with Crippen LogP contribution in [0.5, 0.6) is 0 Å². The first kappa shape index (κ1) is 14.9. The molecule has 8 heteroatoms. The standard InChI is InChI=1S/C14H14ClF2N5/c1-9-18-4-5-21(9)7-10-8-22(20-19-10)11-2-3-13(15)12(6-11)14(16)17/h3-6,8,11,14H,2,7H2,1H3. The Kier molecular flexibility index (Phi) is 4.06. The van der Waals surface area contributed by atoms with E-state index in [0.29, 0.717) is 13.0 Å². The average molecular weight is 326 g/mol. The number of aromatic nitrogens is 5. The number of hydrogen-bond donors (Lipinski definition) is 0. The van der Waals surface area contributed by atoms with Crippen LogP contribution in [0.1, 0.15) is 24.0 Å². The van der Waals surface area contributed by atoms with E-state index in [9.17, 15) is 8.78 Å². The fraction of sp³-hybridized carbons (Fsp3) is 0.357. The number of nitrogens with zero attached hydrogens (tertiary/aromatic N) is 5. The predicted octanol–water partition coefficient (Wildman–Crippen LogP) is 3.09. The molecule has 0 saturated heterocycles. The summed E-state index contributed by atoms with van der Waals surface area (Å²) in [4.78, 5) is 4.14. The lowest BCUT2D eigenvalue weighted by molar-refractivity contribution is 0.191. The van der Waals surface area contributed by atoms with Crippen molar-refractivity contribution in [3.8, 4) is 0 Å². The normalized spacial score (nSPS) is 18.5. The van der Waals surface area contributed by atoms with Crippen molar-refractivity contribution >= 4 is 11.6 Å². The Bertz CT molecular complexity index is 731. The molecule has 2 aromatic heterocycles. The predicted molar refractivity (Wildman–Crippen MR) is 77.8 cm³/mol. The lowest BCUT2D eigenvalue weighted by Gasteiger charge is -2.18. The zero-order valence-electron chi connectivity index (χ0n) is 11.8. The number of hydrogen-bond acceptors (Lipinski definition) is 3. The van der Waals surface area contributed by atoms with Gasteiger partial charge in [-0.15, -0.1) is 5.10 Å². The molecule has 5 nitrogen and oxygen atoms in total. The topological polar surface area (TPSA) is 48.5 Å². The van der Waals surface area contributed by atoms with Gasteiger partial charge in [0.15, 0.2) is 0 Å². The smallest absolute Gasteiger partial charge is 0.265 e. The van der Waals surface area contributed by atoms with Crippen molar-refractivity contribution < 1.29 is 8.78 Å². The van der Waals surface area contributed by atoms with Gasteiger partial charge >= 0.3 is 0 Å². The maximum atomic E-state index is 12.9. The molecule has 1 aliphatic carbocycles. The van der Waals surface area contributed by atoms with Crippen LogP contribution in [-0.2, 0) is 6.54 Å². The minimum atomic E-state index is -2.59. The van der Waals surface area contributed by atoms with Gasteiger partial charge in [-0.3, -0.25) is 0 Å². The summed E-state index contributed by atoms with van der Waals surface area (Å²) in [6.45, 7) is 2.44. The zero-order valence-corrected chi connectivity index (χ0v) is 12.6. The maximum Gasteiger partial charge on any atom is 0.265 e. The third-order valence-corrected chi connectivity index (χ3v) is 3.95. The second-order valence-electron chi connectivity index (χ2n) is 5.07. The molecule has 0 amide bonds. The molecule has 0 aromatic carbocycles. The van der Waals surface area contributed by atoms with E-state index >= 15 is 0 Å². The number of rotatable bonds is 4. The molecule has 116 valence electrons. The molecule has 1 aliphatic rings. The number of halogens is 3. The van der Waals surface area contributed by atoms with Gasteiger partial charge in [-0.25, -0.2) is 18.4 Å². The molecular weight excluding hydrogens is 312 g/mol. The minimum absolute atomic E-state index is 0.112. The van der Waals surface area contributed by atoms with Gasteiger partial charge in [0.05, 0.1) is 18.8 Å². The summed E-state index contributed by atoms with van der Waals surface area (Å²) < 4.78 is 29.3. The Labute approximate surface area is 130 Å². The lowest BCUT2D eigenvalue weighted by atomic mass is 10.0. The molecule has 2 aromatic rings. The number of aryl methyl sites for hydroxylation is 1. The van der Waals surface area contributed by atoms with E-state index in [1.165, 1.54) is 6.08 Å². The Morgan fingerprint density at radius 2 is 2.27 bits per heavy atom. The molecule has 3 rings (SSSR count). The lowest BCUT2D eigenvalue weighted by Crippen LogP contribution is -2.13. The third kappa shape index (κ3) is 2.94. The van der Waals surface area contributed by atoms with Crippen LogP contribution in [0.3, 0.4) is 0 Å². The van der Waals surface area contributed by atoms with E-state index in [1.54, 1.807) is 23.2 Å². The highest BCUT2D eigenvalue weighted by Crippen LogP contribution is 2.31. The fourth-order valence-electron chi connectivity index (χ4n) is 2.35. The quantitative estimate of drug-likeness (QED) is 0.868. The van der Waals surface area contributed by atoms with Crippen LogP contribution in [0.2, 0.25) is 0 Å². The summed E-state index contributed by atoms with van der Waals surface area (Å²) in [6, 6.07) is -0.295.